The van der Waals surface area contributed by atoms with Gasteiger partial charge in [0.15, 0.2) is 0 Å². The molecule has 0 aromatic heterocycles. The standard InChI is InChI=1S/C21H32N2O2/c1-2-20(21(7-1)8-12-24-13-9-21)22-16-18-3-5-19(6-4-18)17-23-10-14-25-15-11-23/h3-6,20,22H,1-2,7-17H2/t20-/m1/s1. The average molecular weight is 344 g/mol. The molecule has 1 atom stereocenters. The van der Waals surface area contributed by atoms with Crippen molar-refractivity contribution in [2.75, 3.05) is 39.5 Å². The van der Waals surface area contributed by atoms with Gasteiger partial charge in [0, 0.05) is 45.4 Å². The summed E-state index contributed by atoms with van der Waals surface area (Å²) in [6.45, 7) is 7.79. The molecule has 4 nitrogen and oxygen atoms in total. The molecule has 138 valence electrons. The molecule has 1 spiro atoms. The summed E-state index contributed by atoms with van der Waals surface area (Å²) < 4.78 is 11.0. The van der Waals surface area contributed by atoms with Crippen LogP contribution in [-0.2, 0) is 22.6 Å². The number of morpholine rings is 1. The minimum absolute atomic E-state index is 0.508. The number of benzene rings is 1. The third-order valence-electron chi connectivity index (χ3n) is 6.48. The SMILES string of the molecule is c1cc(CN2CCOCC2)ccc1CN[C@@H]1CCCC12CCOCC2. The molecule has 4 rings (SSSR count). The largest absolute Gasteiger partial charge is 0.381 e. The highest BCUT2D eigenvalue weighted by molar-refractivity contribution is 5.22. The van der Waals surface area contributed by atoms with Crippen molar-refractivity contribution < 1.29 is 9.47 Å². The van der Waals surface area contributed by atoms with Gasteiger partial charge in [0.25, 0.3) is 0 Å². The lowest BCUT2D eigenvalue weighted by atomic mass is 9.75. The predicted octanol–water partition coefficient (Wildman–Crippen LogP) is 2.96. The molecule has 0 bridgehead atoms. The monoisotopic (exact) mass is 344 g/mol. The summed E-state index contributed by atoms with van der Waals surface area (Å²) in [5.41, 5.74) is 3.32. The highest BCUT2D eigenvalue weighted by Gasteiger charge is 2.43. The van der Waals surface area contributed by atoms with Gasteiger partial charge in [-0.1, -0.05) is 30.7 Å². The third-order valence-corrected chi connectivity index (χ3v) is 6.48. The Morgan fingerprint density at radius 1 is 0.920 bits per heavy atom. The van der Waals surface area contributed by atoms with Gasteiger partial charge in [0.05, 0.1) is 13.2 Å². The van der Waals surface area contributed by atoms with Crippen molar-refractivity contribution in [3.05, 3.63) is 35.4 Å². The Bertz CT molecular complexity index is 533. The first-order chi connectivity index (χ1) is 12.3. The maximum atomic E-state index is 5.60. The highest BCUT2D eigenvalue weighted by atomic mass is 16.5. The van der Waals surface area contributed by atoms with Crippen molar-refractivity contribution in [3.63, 3.8) is 0 Å². The molecule has 2 saturated heterocycles. The summed E-state index contributed by atoms with van der Waals surface area (Å²) in [6.07, 6.45) is 6.56. The van der Waals surface area contributed by atoms with E-state index in [0.717, 1.165) is 52.6 Å². The van der Waals surface area contributed by atoms with Crippen LogP contribution in [0.1, 0.15) is 43.2 Å². The fourth-order valence-electron chi connectivity index (χ4n) is 4.85. The third kappa shape index (κ3) is 4.25. The molecule has 4 heteroatoms. The Morgan fingerprint density at radius 3 is 2.36 bits per heavy atom. The van der Waals surface area contributed by atoms with Crippen LogP contribution in [0.4, 0.5) is 0 Å². The van der Waals surface area contributed by atoms with E-state index < -0.39 is 0 Å². The van der Waals surface area contributed by atoms with Crippen molar-refractivity contribution >= 4 is 0 Å². The van der Waals surface area contributed by atoms with Crippen LogP contribution in [-0.4, -0.2) is 50.5 Å². The van der Waals surface area contributed by atoms with E-state index in [2.05, 4.69) is 34.5 Å². The van der Waals surface area contributed by atoms with E-state index >= 15 is 0 Å². The van der Waals surface area contributed by atoms with Gasteiger partial charge in [-0.25, -0.2) is 0 Å². The van der Waals surface area contributed by atoms with Crippen LogP contribution in [0.3, 0.4) is 0 Å². The molecule has 0 radical (unpaired) electrons. The molecule has 1 aromatic carbocycles. The molecular formula is C21H32N2O2. The van der Waals surface area contributed by atoms with E-state index in [-0.39, 0.29) is 0 Å². The summed E-state index contributed by atoms with van der Waals surface area (Å²) in [7, 11) is 0. The van der Waals surface area contributed by atoms with E-state index in [0.29, 0.717) is 11.5 Å². The molecule has 1 N–H and O–H groups in total. The number of nitrogens with zero attached hydrogens (tertiary/aromatic N) is 1. The second kappa shape index (κ2) is 8.17. The van der Waals surface area contributed by atoms with Crippen LogP contribution in [0, 0.1) is 5.41 Å². The van der Waals surface area contributed by atoms with Crippen LogP contribution in [0.5, 0.6) is 0 Å². The summed E-state index contributed by atoms with van der Waals surface area (Å²) in [4.78, 5) is 2.48. The van der Waals surface area contributed by atoms with Gasteiger partial charge in [0.2, 0.25) is 0 Å². The van der Waals surface area contributed by atoms with E-state index in [9.17, 15) is 0 Å². The number of nitrogens with one attached hydrogen (secondary N) is 1. The minimum Gasteiger partial charge on any atom is -0.381 e. The molecule has 25 heavy (non-hydrogen) atoms. The van der Waals surface area contributed by atoms with Gasteiger partial charge < -0.3 is 14.8 Å². The molecule has 0 unspecified atom stereocenters. The molecule has 1 aromatic rings. The van der Waals surface area contributed by atoms with Crippen molar-refractivity contribution in [1.82, 2.24) is 10.2 Å². The molecule has 3 aliphatic rings. The molecule has 2 aliphatic heterocycles. The molecule has 1 saturated carbocycles. The number of ether oxygens (including phenoxy) is 2. The van der Waals surface area contributed by atoms with E-state index in [1.165, 1.54) is 43.2 Å². The van der Waals surface area contributed by atoms with Gasteiger partial charge in [-0.15, -0.1) is 0 Å². The van der Waals surface area contributed by atoms with E-state index in [1.807, 2.05) is 0 Å². The maximum absolute atomic E-state index is 5.60. The van der Waals surface area contributed by atoms with Crippen LogP contribution >= 0.6 is 0 Å². The van der Waals surface area contributed by atoms with Crippen molar-refractivity contribution in [2.24, 2.45) is 5.41 Å². The Morgan fingerprint density at radius 2 is 1.60 bits per heavy atom. The smallest absolute Gasteiger partial charge is 0.0594 e. The number of rotatable bonds is 5. The zero-order valence-electron chi connectivity index (χ0n) is 15.3. The molecular weight excluding hydrogens is 312 g/mol. The molecule has 3 fully saturated rings. The zero-order valence-corrected chi connectivity index (χ0v) is 15.3. The van der Waals surface area contributed by atoms with Gasteiger partial charge in [-0.3, -0.25) is 4.90 Å². The second-order valence-corrected chi connectivity index (χ2v) is 8.01. The summed E-state index contributed by atoms with van der Waals surface area (Å²) in [5.74, 6) is 0. The highest BCUT2D eigenvalue weighted by Crippen LogP contribution is 2.46. The molecule has 0 amide bonds. The quantitative estimate of drug-likeness (QED) is 0.890. The van der Waals surface area contributed by atoms with Crippen molar-refractivity contribution in [3.8, 4) is 0 Å². The zero-order chi connectivity index (χ0) is 17.0. The van der Waals surface area contributed by atoms with Crippen molar-refractivity contribution in [2.45, 2.75) is 51.2 Å². The summed E-state index contributed by atoms with van der Waals surface area (Å²) in [5, 5.41) is 3.88. The van der Waals surface area contributed by atoms with Gasteiger partial charge in [-0.2, -0.15) is 0 Å². The van der Waals surface area contributed by atoms with Crippen LogP contribution in [0.2, 0.25) is 0 Å². The molecule has 1 aliphatic carbocycles. The lowest BCUT2D eigenvalue weighted by molar-refractivity contribution is 0.00415. The van der Waals surface area contributed by atoms with Crippen molar-refractivity contribution in [1.29, 1.82) is 0 Å². The van der Waals surface area contributed by atoms with Gasteiger partial charge >= 0.3 is 0 Å². The summed E-state index contributed by atoms with van der Waals surface area (Å²) in [6, 6.07) is 9.86. The fraction of sp³-hybridized carbons (Fsp3) is 0.714. The number of hydrogen-bond donors (Lipinski definition) is 1. The fourth-order valence-corrected chi connectivity index (χ4v) is 4.85. The first-order valence-electron chi connectivity index (χ1n) is 10.0. The first-order valence-corrected chi connectivity index (χ1v) is 10.0. The van der Waals surface area contributed by atoms with Gasteiger partial charge in [0.1, 0.15) is 0 Å². The Balaban J connectivity index is 1.29. The molecule has 2 heterocycles. The predicted molar refractivity (Wildman–Crippen MR) is 99.5 cm³/mol. The topological polar surface area (TPSA) is 33.7 Å². The van der Waals surface area contributed by atoms with Gasteiger partial charge in [-0.05, 0) is 42.2 Å². The van der Waals surface area contributed by atoms with Crippen LogP contribution in [0.25, 0.3) is 0 Å². The average Bonchev–Trinajstić information content (AvgIpc) is 3.04. The maximum Gasteiger partial charge on any atom is 0.0594 e. The summed E-state index contributed by atoms with van der Waals surface area (Å²) >= 11 is 0. The Kier molecular flexibility index (Phi) is 5.71. The lowest BCUT2D eigenvalue weighted by Crippen LogP contribution is -2.44. The number of hydrogen-bond acceptors (Lipinski definition) is 4. The van der Waals surface area contributed by atoms with Crippen LogP contribution in [0.15, 0.2) is 24.3 Å². The Hall–Kier alpha value is -0.940. The van der Waals surface area contributed by atoms with Crippen LogP contribution < -0.4 is 5.32 Å². The first kappa shape index (κ1) is 17.5. The minimum atomic E-state index is 0.508. The normalized spacial score (nSPS) is 27.0. The van der Waals surface area contributed by atoms with E-state index in [1.54, 1.807) is 0 Å². The van der Waals surface area contributed by atoms with E-state index in [4.69, 9.17) is 9.47 Å². The second-order valence-electron chi connectivity index (χ2n) is 8.01. The Labute approximate surface area is 151 Å². The lowest BCUT2D eigenvalue weighted by Gasteiger charge is -2.39.